The number of hydrogen-bond acceptors (Lipinski definition) is 4. The maximum Gasteiger partial charge on any atom is 0.192 e. The number of carbonyl (C=O) groups is 1. The normalized spacial score (nSPS) is 13.8. The molecule has 0 aliphatic rings. The number of ketones is 1. The minimum absolute atomic E-state index is 0.0129. The second-order valence-electron chi connectivity index (χ2n) is 7.92. The number of rotatable bonds is 12. The third-order valence-corrected chi connectivity index (χ3v) is 5.14. The Morgan fingerprint density at radius 1 is 0.897 bits per heavy atom. The van der Waals surface area contributed by atoms with Gasteiger partial charge in [-0.1, -0.05) is 60.7 Å². The van der Waals surface area contributed by atoms with Crippen LogP contribution in [-0.2, 0) is 15.9 Å². The highest BCUT2D eigenvalue weighted by atomic mass is 16.7. The Bertz CT molecular complexity index is 707. The van der Waals surface area contributed by atoms with Crippen LogP contribution in [0.3, 0.4) is 0 Å². The summed E-state index contributed by atoms with van der Waals surface area (Å²) in [6, 6.07) is 20.2. The van der Waals surface area contributed by atoms with E-state index in [2.05, 4.69) is 32.6 Å². The molecule has 0 spiro atoms. The van der Waals surface area contributed by atoms with Crippen LogP contribution in [0.5, 0.6) is 0 Å². The van der Waals surface area contributed by atoms with E-state index in [1.165, 1.54) is 0 Å². The van der Waals surface area contributed by atoms with E-state index in [0.717, 1.165) is 12.1 Å². The van der Waals surface area contributed by atoms with Crippen LogP contribution in [0.2, 0.25) is 0 Å². The molecule has 0 fully saturated rings. The SMILES string of the molecule is COC(CCN(C(C)C)C(C)C)OC(Cc1ccccc1)C(=O)c1ccccc1. The molecule has 4 nitrogen and oxygen atoms in total. The second-order valence-corrected chi connectivity index (χ2v) is 7.92. The van der Waals surface area contributed by atoms with Gasteiger partial charge in [0.1, 0.15) is 6.10 Å². The summed E-state index contributed by atoms with van der Waals surface area (Å²) >= 11 is 0. The molecule has 0 N–H and O–H groups in total. The highest BCUT2D eigenvalue weighted by molar-refractivity contribution is 5.99. The molecule has 0 amide bonds. The Hall–Kier alpha value is -2.01. The zero-order valence-corrected chi connectivity index (χ0v) is 18.4. The highest BCUT2D eigenvalue weighted by Crippen LogP contribution is 2.17. The first-order valence-electron chi connectivity index (χ1n) is 10.5. The Morgan fingerprint density at radius 2 is 1.45 bits per heavy atom. The molecule has 0 saturated heterocycles. The van der Waals surface area contributed by atoms with Gasteiger partial charge in [0.2, 0.25) is 0 Å². The molecular formula is C25H35NO3. The number of ether oxygens (including phenoxy) is 2. The maximum absolute atomic E-state index is 13.2. The Labute approximate surface area is 175 Å². The summed E-state index contributed by atoms with van der Waals surface area (Å²) in [6.07, 6.45) is 0.208. The van der Waals surface area contributed by atoms with Crippen molar-refractivity contribution in [1.82, 2.24) is 4.90 Å². The summed E-state index contributed by atoms with van der Waals surface area (Å²) in [5.41, 5.74) is 1.73. The topological polar surface area (TPSA) is 38.8 Å². The summed E-state index contributed by atoms with van der Waals surface area (Å²) < 4.78 is 11.8. The second kappa shape index (κ2) is 11.9. The van der Waals surface area contributed by atoms with Crippen LogP contribution in [-0.4, -0.2) is 48.8 Å². The van der Waals surface area contributed by atoms with Crippen molar-refractivity contribution in [3.63, 3.8) is 0 Å². The van der Waals surface area contributed by atoms with E-state index in [1.54, 1.807) is 7.11 Å². The van der Waals surface area contributed by atoms with E-state index in [9.17, 15) is 4.79 Å². The smallest absolute Gasteiger partial charge is 0.192 e. The van der Waals surface area contributed by atoms with Gasteiger partial charge in [-0.05, 0) is 33.3 Å². The first kappa shape index (κ1) is 23.3. The Morgan fingerprint density at radius 3 is 1.97 bits per heavy atom. The van der Waals surface area contributed by atoms with E-state index in [-0.39, 0.29) is 5.78 Å². The summed E-state index contributed by atoms with van der Waals surface area (Å²) in [6.45, 7) is 9.63. The van der Waals surface area contributed by atoms with Gasteiger partial charge < -0.3 is 9.47 Å². The van der Waals surface area contributed by atoms with Gasteiger partial charge in [0, 0.05) is 44.1 Å². The monoisotopic (exact) mass is 397 g/mol. The van der Waals surface area contributed by atoms with E-state index < -0.39 is 12.4 Å². The van der Waals surface area contributed by atoms with Crippen LogP contribution >= 0.6 is 0 Å². The minimum atomic E-state index is -0.587. The third kappa shape index (κ3) is 7.39. The summed E-state index contributed by atoms with van der Waals surface area (Å²) in [5.74, 6) is -0.0129. The fraction of sp³-hybridized carbons (Fsp3) is 0.480. The number of Topliss-reactive ketones (excluding diaryl/α,β-unsaturated/α-hetero) is 1. The highest BCUT2D eigenvalue weighted by Gasteiger charge is 2.26. The fourth-order valence-electron chi connectivity index (χ4n) is 3.61. The zero-order chi connectivity index (χ0) is 21.2. The molecule has 2 aromatic carbocycles. The van der Waals surface area contributed by atoms with Crippen molar-refractivity contribution < 1.29 is 14.3 Å². The molecule has 4 heteroatoms. The minimum Gasteiger partial charge on any atom is -0.356 e. The van der Waals surface area contributed by atoms with Crippen molar-refractivity contribution >= 4 is 5.78 Å². The molecule has 0 aliphatic carbocycles. The quantitative estimate of drug-likeness (QED) is 0.374. The van der Waals surface area contributed by atoms with Crippen LogP contribution in [0, 0.1) is 0 Å². The van der Waals surface area contributed by atoms with Crippen molar-refractivity contribution in [2.75, 3.05) is 13.7 Å². The molecule has 0 saturated carbocycles. The van der Waals surface area contributed by atoms with Gasteiger partial charge in [0.25, 0.3) is 0 Å². The first-order valence-corrected chi connectivity index (χ1v) is 10.5. The molecular weight excluding hydrogens is 362 g/mol. The largest absolute Gasteiger partial charge is 0.356 e. The summed E-state index contributed by atoms with van der Waals surface area (Å²) in [4.78, 5) is 15.6. The van der Waals surface area contributed by atoms with Crippen LogP contribution in [0.15, 0.2) is 60.7 Å². The molecule has 2 unspecified atom stereocenters. The molecule has 158 valence electrons. The van der Waals surface area contributed by atoms with Gasteiger partial charge in [-0.15, -0.1) is 0 Å². The number of carbonyl (C=O) groups excluding carboxylic acids is 1. The predicted octanol–water partition coefficient (Wildman–Crippen LogP) is 4.98. The number of methoxy groups -OCH3 is 1. The van der Waals surface area contributed by atoms with Gasteiger partial charge in [-0.3, -0.25) is 9.69 Å². The van der Waals surface area contributed by atoms with Crippen molar-refractivity contribution in [2.24, 2.45) is 0 Å². The number of nitrogens with zero attached hydrogens (tertiary/aromatic N) is 1. The van der Waals surface area contributed by atoms with E-state index >= 15 is 0 Å². The lowest BCUT2D eigenvalue weighted by atomic mass is 10.00. The van der Waals surface area contributed by atoms with Crippen LogP contribution in [0.4, 0.5) is 0 Å². The lowest BCUT2D eigenvalue weighted by molar-refractivity contribution is -0.149. The third-order valence-electron chi connectivity index (χ3n) is 5.14. The standard InChI is InChI=1S/C25H35NO3/c1-19(2)26(20(3)4)17-16-24(28-5)29-23(18-21-12-8-6-9-13-21)25(27)22-14-10-7-11-15-22/h6-15,19-20,23-24H,16-18H2,1-5H3. The summed E-state index contributed by atoms with van der Waals surface area (Å²) in [5, 5.41) is 0. The molecule has 0 heterocycles. The van der Waals surface area contributed by atoms with Crippen LogP contribution in [0.1, 0.15) is 50.0 Å². The molecule has 2 rings (SSSR count). The van der Waals surface area contributed by atoms with E-state index in [4.69, 9.17) is 9.47 Å². The van der Waals surface area contributed by atoms with Gasteiger partial charge >= 0.3 is 0 Å². The molecule has 29 heavy (non-hydrogen) atoms. The summed E-state index contributed by atoms with van der Waals surface area (Å²) in [7, 11) is 1.65. The number of hydrogen-bond donors (Lipinski definition) is 0. The Kier molecular flexibility index (Phi) is 9.52. The predicted molar refractivity (Wildman–Crippen MR) is 118 cm³/mol. The molecule has 0 aromatic heterocycles. The van der Waals surface area contributed by atoms with Gasteiger partial charge in [-0.25, -0.2) is 0 Å². The molecule has 2 aromatic rings. The van der Waals surface area contributed by atoms with Crippen molar-refractivity contribution in [1.29, 1.82) is 0 Å². The first-order chi connectivity index (χ1) is 13.9. The van der Waals surface area contributed by atoms with Crippen molar-refractivity contribution in [3.8, 4) is 0 Å². The fourth-order valence-corrected chi connectivity index (χ4v) is 3.61. The zero-order valence-electron chi connectivity index (χ0n) is 18.4. The van der Waals surface area contributed by atoms with E-state index in [0.29, 0.717) is 30.5 Å². The average molecular weight is 398 g/mol. The molecule has 0 bridgehead atoms. The Balaban J connectivity index is 2.13. The van der Waals surface area contributed by atoms with E-state index in [1.807, 2.05) is 60.7 Å². The van der Waals surface area contributed by atoms with Crippen molar-refractivity contribution in [3.05, 3.63) is 71.8 Å². The lowest BCUT2D eigenvalue weighted by Crippen LogP contribution is -2.40. The van der Waals surface area contributed by atoms with Gasteiger partial charge in [0.05, 0.1) is 0 Å². The van der Waals surface area contributed by atoms with Crippen molar-refractivity contribution in [2.45, 2.75) is 65.0 Å². The van der Waals surface area contributed by atoms with Crippen LogP contribution < -0.4 is 0 Å². The van der Waals surface area contributed by atoms with Gasteiger partial charge in [0.15, 0.2) is 12.1 Å². The molecule has 2 atom stereocenters. The lowest BCUT2D eigenvalue weighted by Gasteiger charge is -2.32. The molecule has 0 aliphatic heterocycles. The number of benzene rings is 2. The van der Waals surface area contributed by atoms with Gasteiger partial charge in [-0.2, -0.15) is 0 Å². The maximum atomic E-state index is 13.2. The molecule has 0 radical (unpaired) electrons. The average Bonchev–Trinajstić information content (AvgIpc) is 2.72. The van der Waals surface area contributed by atoms with Crippen LogP contribution in [0.25, 0.3) is 0 Å².